The third-order valence-corrected chi connectivity index (χ3v) is 3.63. The van der Waals surface area contributed by atoms with Gasteiger partial charge in [-0.2, -0.15) is 9.97 Å². The van der Waals surface area contributed by atoms with Crippen molar-refractivity contribution in [3.63, 3.8) is 0 Å². The number of aromatic nitrogens is 3. The molecule has 0 fully saturated rings. The van der Waals surface area contributed by atoms with Crippen LogP contribution in [0.25, 0.3) is 10.9 Å². The van der Waals surface area contributed by atoms with E-state index in [1.54, 1.807) is 0 Å². The van der Waals surface area contributed by atoms with Crippen molar-refractivity contribution < 1.29 is 4.92 Å². The number of rotatable bonds is 4. The van der Waals surface area contributed by atoms with Crippen molar-refractivity contribution in [3.8, 4) is 0 Å². The monoisotopic (exact) mass is 313 g/mol. The van der Waals surface area contributed by atoms with Gasteiger partial charge in [0.25, 0.3) is 0 Å². The number of H-pyrrole nitrogens is 1. The molecule has 0 saturated heterocycles. The number of aromatic amines is 1. The van der Waals surface area contributed by atoms with Crippen molar-refractivity contribution in [3.05, 3.63) is 51.7 Å². The molecule has 1 aromatic carbocycles. The zero-order valence-corrected chi connectivity index (χ0v) is 12.1. The van der Waals surface area contributed by atoms with E-state index in [0.29, 0.717) is 11.3 Å². The van der Waals surface area contributed by atoms with Gasteiger partial charge in [-0.3, -0.25) is 10.1 Å². The van der Waals surface area contributed by atoms with Gasteiger partial charge in [-0.25, -0.2) is 0 Å². The minimum Gasteiger partial charge on any atom is -0.383 e. The van der Waals surface area contributed by atoms with Crippen LogP contribution in [0.1, 0.15) is 17.2 Å². The van der Waals surface area contributed by atoms with Crippen LogP contribution in [0.3, 0.4) is 0 Å². The minimum atomic E-state index is -0.696. The minimum absolute atomic E-state index is 0.0421. The first-order chi connectivity index (χ1) is 11.0. The molecule has 0 aliphatic heterocycles. The second kappa shape index (κ2) is 5.44. The molecule has 1 atom stereocenters. The molecule has 118 valence electrons. The molecule has 3 rings (SSSR count). The lowest BCUT2D eigenvalue weighted by Crippen LogP contribution is -2.19. The topological polar surface area (TPSA) is 163 Å². The highest BCUT2D eigenvalue weighted by Gasteiger charge is 2.28. The normalized spacial score (nSPS) is 12.3. The molecule has 0 saturated carbocycles. The molecular formula is C14H15N7O2. The number of nitrogens with zero attached hydrogens (tertiary/aromatic N) is 3. The number of anilines is 3. The van der Waals surface area contributed by atoms with Crippen LogP contribution in [0.5, 0.6) is 0 Å². The average Bonchev–Trinajstić information content (AvgIpc) is 2.88. The van der Waals surface area contributed by atoms with Gasteiger partial charge in [0.1, 0.15) is 11.6 Å². The second-order valence-corrected chi connectivity index (χ2v) is 5.15. The van der Waals surface area contributed by atoms with Crippen molar-refractivity contribution in [2.45, 2.75) is 5.92 Å². The first-order valence-corrected chi connectivity index (χ1v) is 6.83. The number of nitrogens with one attached hydrogen (secondary N) is 1. The Labute approximate surface area is 130 Å². The standard InChI is InChI=1S/C14H15N7O2/c15-12-11(13(16)20-14(17)19-12)8(6-21(22)23)10-5-7-3-1-2-4-9(7)18-10/h1-5,8,18H,6H2,(H6,15,16,17,19,20). The third kappa shape index (κ3) is 2.71. The highest BCUT2D eigenvalue weighted by Crippen LogP contribution is 2.33. The molecule has 9 nitrogen and oxygen atoms in total. The summed E-state index contributed by atoms with van der Waals surface area (Å²) in [6.45, 7) is -0.394. The Morgan fingerprint density at radius 3 is 2.43 bits per heavy atom. The van der Waals surface area contributed by atoms with E-state index < -0.39 is 17.4 Å². The Morgan fingerprint density at radius 2 is 1.83 bits per heavy atom. The van der Waals surface area contributed by atoms with Crippen molar-refractivity contribution in [1.82, 2.24) is 15.0 Å². The van der Waals surface area contributed by atoms with Crippen molar-refractivity contribution in [1.29, 1.82) is 0 Å². The lowest BCUT2D eigenvalue weighted by molar-refractivity contribution is -0.481. The fourth-order valence-electron chi connectivity index (χ4n) is 2.66. The molecule has 23 heavy (non-hydrogen) atoms. The van der Waals surface area contributed by atoms with Gasteiger partial charge in [-0.1, -0.05) is 18.2 Å². The molecule has 3 aromatic rings. The Balaban J connectivity index is 2.17. The zero-order chi connectivity index (χ0) is 16.6. The van der Waals surface area contributed by atoms with Crippen LogP contribution in [0.2, 0.25) is 0 Å². The van der Waals surface area contributed by atoms with E-state index in [2.05, 4.69) is 15.0 Å². The van der Waals surface area contributed by atoms with Gasteiger partial charge >= 0.3 is 0 Å². The van der Waals surface area contributed by atoms with Gasteiger partial charge in [0, 0.05) is 16.1 Å². The Hall–Kier alpha value is -3.36. The van der Waals surface area contributed by atoms with Crippen LogP contribution < -0.4 is 17.2 Å². The summed E-state index contributed by atoms with van der Waals surface area (Å²) in [5.41, 5.74) is 19.1. The lowest BCUT2D eigenvalue weighted by Gasteiger charge is -2.15. The van der Waals surface area contributed by atoms with E-state index in [9.17, 15) is 10.1 Å². The molecule has 9 heteroatoms. The van der Waals surface area contributed by atoms with Gasteiger partial charge in [0.2, 0.25) is 12.5 Å². The first-order valence-electron chi connectivity index (χ1n) is 6.83. The summed E-state index contributed by atoms with van der Waals surface area (Å²) < 4.78 is 0. The highest BCUT2D eigenvalue weighted by atomic mass is 16.6. The molecule has 7 N–H and O–H groups in total. The number of nitrogens with two attached hydrogens (primary N) is 3. The predicted octanol–water partition coefficient (Wildman–Crippen LogP) is 1.11. The number of para-hydroxylation sites is 1. The Kier molecular flexibility index (Phi) is 3.45. The van der Waals surface area contributed by atoms with E-state index in [4.69, 9.17) is 17.2 Å². The molecule has 0 radical (unpaired) electrons. The van der Waals surface area contributed by atoms with Crippen LogP contribution in [-0.4, -0.2) is 26.4 Å². The van der Waals surface area contributed by atoms with Crippen LogP contribution in [0.4, 0.5) is 17.6 Å². The molecule has 0 aliphatic rings. The third-order valence-electron chi connectivity index (χ3n) is 3.63. The molecule has 2 heterocycles. The Bertz CT molecular complexity index is 834. The first kappa shape index (κ1) is 14.6. The fourth-order valence-corrected chi connectivity index (χ4v) is 2.66. The van der Waals surface area contributed by atoms with Gasteiger partial charge < -0.3 is 22.2 Å². The summed E-state index contributed by atoms with van der Waals surface area (Å²) in [7, 11) is 0. The molecule has 2 aromatic heterocycles. The van der Waals surface area contributed by atoms with Crippen LogP contribution >= 0.6 is 0 Å². The number of nitrogen functional groups attached to an aromatic ring is 3. The van der Waals surface area contributed by atoms with Crippen molar-refractivity contribution in [2.75, 3.05) is 23.7 Å². The lowest BCUT2D eigenvalue weighted by atomic mass is 9.96. The number of hydrogen-bond acceptors (Lipinski definition) is 7. The summed E-state index contributed by atoms with van der Waals surface area (Å²) in [5, 5.41) is 12.0. The van der Waals surface area contributed by atoms with Gasteiger partial charge in [-0.05, 0) is 17.5 Å². The van der Waals surface area contributed by atoms with E-state index in [1.165, 1.54) is 0 Å². The fraction of sp³-hybridized carbons (Fsp3) is 0.143. The quantitative estimate of drug-likeness (QED) is 0.414. The summed E-state index contributed by atoms with van der Waals surface area (Å²) in [6.07, 6.45) is 0. The van der Waals surface area contributed by atoms with E-state index >= 15 is 0 Å². The number of hydrogen-bond donors (Lipinski definition) is 4. The van der Waals surface area contributed by atoms with Crippen molar-refractivity contribution >= 4 is 28.5 Å². The smallest absolute Gasteiger partial charge is 0.223 e. The number of fused-ring (bicyclic) bond motifs is 1. The average molecular weight is 313 g/mol. The largest absolute Gasteiger partial charge is 0.383 e. The molecule has 1 unspecified atom stereocenters. The summed E-state index contributed by atoms with van der Waals surface area (Å²) in [5.74, 6) is -0.681. The van der Waals surface area contributed by atoms with Crippen LogP contribution in [0.15, 0.2) is 30.3 Å². The van der Waals surface area contributed by atoms with Gasteiger partial charge in [0.05, 0.1) is 11.5 Å². The maximum absolute atomic E-state index is 11.1. The summed E-state index contributed by atoms with van der Waals surface area (Å²) in [6, 6.07) is 9.38. The Morgan fingerprint density at radius 1 is 1.17 bits per heavy atom. The molecule has 0 amide bonds. The second-order valence-electron chi connectivity index (χ2n) is 5.15. The SMILES string of the molecule is Nc1nc(N)c(C(C[N+](=O)[O-])c2cc3ccccc3[nH]2)c(N)n1. The van der Waals surface area contributed by atoms with Crippen LogP contribution in [0, 0.1) is 10.1 Å². The zero-order valence-electron chi connectivity index (χ0n) is 12.1. The van der Waals surface area contributed by atoms with Crippen LogP contribution in [-0.2, 0) is 0 Å². The van der Waals surface area contributed by atoms with Gasteiger partial charge in [-0.15, -0.1) is 0 Å². The number of benzene rings is 1. The van der Waals surface area contributed by atoms with E-state index in [0.717, 1.165) is 10.9 Å². The highest BCUT2D eigenvalue weighted by molar-refractivity contribution is 5.81. The summed E-state index contributed by atoms with van der Waals surface area (Å²) >= 11 is 0. The molecule has 0 spiro atoms. The van der Waals surface area contributed by atoms with Gasteiger partial charge in [0.15, 0.2) is 0 Å². The molecule has 0 bridgehead atoms. The molecule has 0 aliphatic carbocycles. The number of nitro groups is 1. The molecular weight excluding hydrogens is 298 g/mol. The van der Waals surface area contributed by atoms with E-state index in [-0.39, 0.29) is 17.6 Å². The predicted molar refractivity (Wildman–Crippen MR) is 87.3 cm³/mol. The van der Waals surface area contributed by atoms with E-state index in [1.807, 2.05) is 30.3 Å². The maximum atomic E-state index is 11.1. The van der Waals surface area contributed by atoms with Crippen molar-refractivity contribution in [2.24, 2.45) is 0 Å². The summed E-state index contributed by atoms with van der Waals surface area (Å²) in [4.78, 5) is 21.6. The maximum Gasteiger partial charge on any atom is 0.223 e.